The second kappa shape index (κ2) is 6.21. The van der Waals surface area contributed by atoms with Gasteiger partial charge in [-0.05, 0) is 70.1 Å². The molecule has 0 saturated carbocycles. The summed E-state index contributed by atoms with van der Waals surface area (Å²) in [5.41, 5.74) is 4.15. The van der Waals surface area contributed by atoms with Gasteiger partial charge in [0.1, 0.15) is 11.4 Å². The molecule has 1 aromatic carbocycles. The number of nitrogens with zero attached hydrogens (tertiary/aromatic N) is 1. The van der Waals surface area contributed by atoms with E-state index in [1.165, 1.54) is 16.7 Å². The summed E-state index contributed by atoms with van der Waals surface area (Å²) < 4.78 is 6.62. The first kappa shape index (κ1) is 15.8. The molecule has 3 nitrogen and oxygen atoms in total. The van der Waals surface area contributed by atoms with Crippen LogP contribution in [0.2, 0.25) is 0 Å². The van der Waals surface area contributed by atoms with Crippen molar-refractivity contribution >= 4 is 0 Å². The highest BCUT2D eigenvalue weighted by atomic mass is 16.5. The third-order valence-electron chi connectivity index (χ3n) is 5.49. The van der Waals surface area contributed by atoms with Gasteiger partial charge in [0, 0.05) is 18.0 Å². The molecule has 0 aromatic heterocycles. The average Bonchev–Trinajstić information content (AvgIpc) is 2.48. The molecular weight excluding hydrogens is 272 g/mol. The molecular formula is C19H30N2O. The molecule has 1 N–H and O–H groups in total. The first-order valence-electron chi connectivity index (χ1n) is 8.83. The van der Waals surface area contributed by atoms with Crippen molar-refractivity contribution in [2.24, 2.45) is 0 Å². The fourth-order valence-corrected chi connectivity index (χ4v) is 4.35. The van der Waals surface area contributed by atoms with Gasteiger partial charge in [0.2, 0.25) is 0 Å². The van der Waals surface area contributed by atoms with E-state index in [4.69, 9.17) is 4.74 Å². The highest BCUT2D eigenvalue weighted by Gasteiger charge is 2.43. The van der Waals surface area contributed by atoms with Gasteiger partial charge in [0.05, 0.1) is 0 Å². The monoisotopic (exact) mass is 302 g/mol. The summed E-state index contributed by atoms with van der Waals surface area (Å²) in [5.74, 6) is 1.14. The van der Waals surface area contributed by atoms with Crippen LogP contribution < -0.4 is 10.1 Å². The van der Waals surface area contributed by atoms with E-state index in [9.17, 15) is 0 Å². The molecule has 2 heterocycles. The average molecular weight is 302 g/mol. The maximum absolute atomic E-state index is 6.62. The number of aryl methyl sites for hydroxylation is 2. The van der Waals surface area contributed by atoms with Crippen LogP contribution in [0.1, 0.15) is 55.8 Å². The number of rotatable bonds is 3. The molecule has 0 amide bonds. The van der Waals surface area contributed by atoms with Gasteiger partial charge in [-0.3, -0.25) is 4.90 Å². The highest BCUT2D eigenvalue weighted by molar-refractivity contribution is 5.47. The smallest absolute Gasteiger partial charge is 0.125 e. The number of fused-ring (bicyclic) bond motifs is 1. The largest absolute Gasteiger partial charge is 0.487 e. The highest BCUT2D eigenvalue weighted by Crippen LogP contribution is 2.47. The predicted octanol–water partition coefficient (Wildman–Crippen LogP) is 3.59. The van der Waals surface area contributed by atoms with E-state index in [1.807, 2.05) is 0 Å². The molecule has 1 saturated heterocycles. The lowest BCUT2D eigenvalue weighted by atomic mass is 9.79. The Balaban J connectivity index is 2.05. The Morgan fingerprint density at radius 1 is 1.18 bits per heavy atom. The van der Waals surface area contributed by atoms with Gasteiger partial charge in [-0.15, -0.1) is 0 Å². The second-order valence-electron chi connectivity index (χ2n) is 6.97. The van der Waals surface area contributed by atoms with Crippen LogP contribution in [0.4, 0.5) is 0 Å². The Bertz CT molecular complexity index is 530. The minimum atomic E-state index is 0.0335. The van der Waals surface area contributed by atoms with Crippen molar-refractivity contribution in [3.63, 3.8) is 0 Å². The van der Waals surface area contributed by atoms with Crippen LogP contribution in [0.5, 0.6) is 5.75 Å². The third kappa shape index (κ3) is 2.77. The zero-order valence-corrected chi connectivity index (χ0v) is 14.5. The maximum Gasteiger partial charge on any atom is 0.125 e. The first-order valence-corrected chi connectivity index (χ1v) is 8.83. The van der Waals surface area contributed by atoms with Crippen molar-refractivity contribution < 1.29 is 4.74 Å². The van der Waals surface area contributed by atoms with Gasteiger partial charge < -0.3 is 10.1 Å². The zero-order valence-electron chi connectivity index (χ0n) is 14.5. The molecule has 2 aliphatic rings. The Kier molecular flexibility index (Phi) is 4.47. The molecule has 0 bridgehead atoms. The molecule has 22 heavy (non-hydrogen) atoms. The quantitative estimate of drug-likeness (QED) is 0.923. The van der Waals surface area contributed by atoms with Crippen LogP contribution in [0.25, 0.3) is 0 Å². The third-order valence-corrected chi connectivity index (χ3v) is 5.49. The summed E-state index contributed by atoms with van der Waals surface area (Å²) in [7, 11) is 0. The van der Waals surface area contributed by atoms with E-state index in [0.29, 0.717) is 6.04 Å². The Morgan fingerprint density at radius 2 is 1.86 bits per heavy atom. The molecule has 122 valence electrons. The number of hydrogen-bond acceptors (Lipinski definition) is 3. The number of ether oxygens (including phenoxy) is 1. The number of hydrogen-bond donors (Lipinski definition) is 1. The van der Waals surface area contributed by atoms with Gasteiger partial charge >= 0.3 is 0 Å². The summed E-state index contributed by atoms with van der Waals surface area (Å²) in [4.78, 5) is 2.60. The van der Waals surface area contributed by atoms with Crippen molar-refractivity contribution in [3.05, 3.63) is 28.8 Å². The van der Waals surface area contributed by atoms with E-state index >= 15 is 0 Å². The van der Waals surface area contributed by atoms with E-state index < -0.39 is 0 Å². The van der Waals surface area contributed by atoms with Crippen LogP contribution in [0.3, 0.4) is 0 Å². The van der Waals surface area contributed by atoms with Gasteiger partial charge in [0.15, 0.2) is 0 Å². The van der Waals surface area contributed by atoms with E-state index in [1.54, 1.807) is 0 Å². The van der Waals surface area contributed by atoms with Gasteiger partial charge in [-0.25, -0.2) is 0 Å². The topological polar surface area (TPSA) is 24.5 Å². The van der Waals surface area contributed by atoms with Gasteiger partial charge in [0.25, 0.3) is 0 Å². The standard InChI is InChI=1S/C19H30N2O/c1-5-21(6-2)16-13-19(7-9-20-10-8-19)22-17-12-14(3)11-15(4)18(16)17/h11-12,16,20H,5-10,13H2,1-4H3. The van der Waals surface area contributed by atoms with Crippen LogP contribution >= 0.6 is 0 Å². The molecule has 3 heteroatoms. The van der Waals surface area contributed by atoms with Crippen LogP contribution in [-0.4, -0.2) is 36.7 Å². The Labute approximate surface area is 135 Å². The Hall–Kier alpha value is -1.06. The number of nitrogens with one attached hydrogen (secondary N) is 1. The summed E-state index contributed by atoms with van der Waals surface area (Å²) in [5, 5.41) is 3.48. The molecule has 0 aliphatic carbocycles. The molecule has 1 unspecified atom stereocenters. The molecule has 1 aromatic rings. The normalized spacial score (nSPS) is 23.4. The molecule has 2 aliphatic heterocycles. The Morgan fingerprint density at radius 3 is 2.50 bits per heavy atom. The van der Waals surface area contributed by atoms with Crippen LogP contribution in [-0.2, 0) is 0 Å². The second-order valence-corrected chi connectivity index (χ2v) is 6.97. The number of piperidine rings is 1. The van der Waals surface area contributed by atoms with Crippen molar-refractivity contribution in [2.45, 2.75) is 58.6 Å². The summed E-state index contributed by atoms with van der Waals surface area (Å²) in [6.45, 7) is 13.3. The van der Waals surface area contributed by atoms with E-state index in [0.717, 1.165) is 51.2 Å². The predicted molar refractivity (Wildman–Crippen MR) is 91.7 cm³/mol. The van der Waals surface area contributed by atoms with Gasteiger partial charge in [-0.2, -0.15) is 0 Å². The summed E-state index contributed by atoms with van der Waals surface area (Å²) in [6, 6.07) is 5.05. The molecule has 1 spiro atoms. The van der Waals surface area contributed by atoms with Gasteiger partial charge in [-0.1, -0.05) is 19.9 Å². The number of benzene rings is 1. The van der Waals surface area contributed by atoms with Crippen molar-refractivity contribution in [2.75, 3.05) is 26.2 Å². The fourth-order valence-electron chi connectivity index (χ4n) is 4.35. The van der Waals surface area contributed by atoms with Crippen molar-refractivity contribution in [1.82, 2.24) is 10.2 Å². The summed E-state index contributed by atoms with van der Waals surface area (Å²) in [6.07, 6.45) is 3.38. The molecule has 1 fully saturated rings. The SMILES string of the molecule is CCN(CC)C1CC2(CCNCC2)Oc2cc(C)cc(C)c21. The van der Waals surface area contributed by atoms with Crippen molar-refractivity contribution in [1.29, 1.82) is 0 Å². The van der Waals surface area contributed by atoms with E-state index in [2.05, 4.69) is 50.0 Å². The minimum absolute atomic E-state index is 0.0335. The lowest BCUT2D eigenvalue weighted by Crippen LogP contribution is -2.51. The maximum atomic E-state index is 6.62. The molecule has 1 atom stereocenters. The van der Waals surface area contributed by atoms with Crippen LogP contribution in [0, 0.1) is 13.8 Å². The lowest BCUT2D eigenvalue weighted by molar-refractivity contribution is -0.0185. The molecule has 0 radical (unpaired) electrons. The first-order chi connectivity index (χ1) is 10.6. The summed E-state index contributed by atoms with van der Waals surface area (Å²) >= 11 is 0. The molecule has 3 rings (SSSR count). The van der Waals surface area contributed by atoms with Crippen molar-refractivity contribution in [3.8, 4) is 5.75 Å². The lowest BCUT2D eigenvalue weighted by Gasteiger charge is -2.48. The zero-order chi connectivity index (χ0) is 15.7. The minimum Gasteiger partial charge on any atom is -0.487 e. The fraction of sp³-hybridized carbons (Fsp3) is 0.684. The van der Waals surface area contributed by atoms with Crippen LogP contribution in [0.15, 0.2) is 12.1 Å². The van der Waals surface area contributed by atoms with E-state index in [-0.39, 0.29) is 5.60 Å².